The number of benzene rings is 2. The zero-order valence-corrected chi connectivity index (χ0v) is 15.7. The number of rotatable bonds is 7. The lowest BCUT2D eigenvalue weighted by molar-refractivity contribution is -0.132. The van der Waals surface area contributed by atoms with Crippen molar-refractivity contribution in [3.8, 4) is 11.8 Å². The molecule has 0 spiro atoms. The Labute approximate surface area is 164 Å². The largest absolute Gasteiger partial charge is 0.361 e. The SMILES string of the molecule is CC(Cc1c[nH]c2ccccc12)NCc1ccc(C2C#CC2C(=O)NO)cc1. The van der Waals surface area contributed by atoms with Crippen LogP contribution in [0, 0.1) is 17.8 Å². The van der Waals surface area contributed by atoms with Crippen LogP contribution in [0.3, 0.4) is 0 Å². The molecule has 1 aliphatic carbocycles. The van der Waals surface area contributed by atoms with Crippen molar-refractivity contribution in [2.75, 3.05) is 0 Å². The molecule has 1 amide bonds. The van der Waals surface area contributed by atoms with Crippen LogP contribution < -0.4 is 10.8 Å². The zero-order valence-electron chi connectivity index (χ0n) is 15.7. The fourth-order valence-corrected chi connectivity index (χ4v) is 3.65. The predicted octanol–water partition coefficient (Wildman–Crippen LogP) is 3.11. The second-order valence-electron chi connectivity index (χ2n) is 7.31. The van der Waals surface area contributed by atoms with Gasteiger partial charge in [0, 0.05) is 29.7 Å². The fourth-order valence-electron chi connectivity index (χ4n) is 3.65. The van der Waals surface area contributed by atoms with Crippen molar-refractivity contribution in [3.63, 3.8) is 0 Å². The van der Waals surface area contributed by atoms with Gasteiger partial charge in [-0.1, -0.05) is 54.3 Å². The third-order valence-electron chi connectivity index (χ3n) is 5.31. The molecule has 4 rings (SSSR count). The van der Waals surface area contributed by atoms with E-state index in [1.54, 1.807) is 5.48 Å². The smallest absolute Gasteiger partial charge is 0.260 e. The molecule has 3 unspecified atom stereocenters. The predicted molar refractivity (Wildman–Crippen MR) is 109 cm³/mol. The lowest BCUT2D eigenvalue weighted by Gasteiger charge is -2.23. The topological polar surface area (TPSA) is 77.2 Å². The molecule has 0 saturated carbocycles. The zero-order chi connectivity index (χ0) is 19.5. The molecule has 0 saturated heterocycles. The number of para-hydroxylation sites is 1. The van der Waals surface area contributed by atoms with Crippen molar-refractivity contribution in [1.29, 1.82) is 0 Å². The number of hydrogen-bond acceptors (Lipinski definition) is 3. The molecule has 2 aromatic carbocycles. The Morgan fingerprint density at radius 1 is 1.18 bits per heavy atom. The van der Waals surface area contributed by atoms with Crippen molar-refractivity contribution in [3.05, 3.63) is 71.4 Å². The quantitative estimate of drug-likeness (QED) is 0.292. The van der Waals surface area contributed by atoms with Crippen LogP contribution in [0.25, 0.3) is 10.9 Å². The normalized spacial score (nSPS) is 18.8. The maximum Gasteiger partial charge on any atom is 0.260 e. The van der Waals surface area contributed by atoms with E-state index in [0.29, 0.717) is 6.04 Å². The number of carbonyl (C=O) groups is 1. The van der Waals surface area contributed by atoms with Crippen molar-refractivity contribution < 1.29 is 10.0 Å². The van der Waals surface area contributed by atoms with Crippen LogP contribution >= 0.6 is 0 Å². The van der Waals surface area contributed by atoms with E-state index in [1.165, 1.54) is 22.0 Å². The van der Waals surface area contributed by atoms with Gasteiger partial charge >= 0.3 is 0 Å². The Hall–Kier alpha value is -3.07. The molecule has 3 atom stereocenters. The highest BCUT2D eigenvalue weighted by Crippen LogP contribution is 2.30. The van der Waals surface area contributed by atoms with Crippen LogP contribution in [0.15, 0.2) is 54.7 Å². The summed E-state index contributed by atoms with van der Waals surface area (Å²) in [6, 6.07) is 16.9. The molecule has 5 nitrogen and oxygen atoms in total. The van der Waals surface area contributed by atoms with Crippen LogP contribution in [0.4, 0.5) is 0 Å². The average molecular weight is 373 g/mol. The van der Waals surface area contributed by atoms with Crippen LogP contribution in [0.5, 0.6) is 0 Å². The average Bonchev–Trinajstić information content (AvgIpc) is 3.09. The van der Waals surface area contributed by atoms with E-state index in [4.69, 9.17) is 5.21 Å². The molecular weight excluding hydrogens is 350 g/mol. The molecule has 1 aliphatic rings. The van der Waals surface area contributed by atoms with Gasteiger partial charge < -0.3 is 10.3 Å². The molecule has 5 heteroatoms. The van der Waals surface area contributed by atoms with Crippen molar-refractivity contribution in [2.24, 2.45) is 5.92 Å². The lowest BCUT2D eigenvalue weighted by Crippen LogP contribution is -2.34. The summed E-state index contributed by atoms with van der Waals surface area (Å²) in [7, 11) is 0. The van der Waals surface area contributed by atoms with E-state index in [1.807, 2.05) is 18.2 Å². The van der Waals surface area contributed by atoms with Gasteiger partial charge in [-0.2, -0.15) is 0 Å². The summed E-state index contributed by atoms with van der Waals surface area (Å²) < 4.78 is 0. The first kappa shape index (κ1) is 18.3. The van der Waals surface area contributed by atoms with Gasteiger partial charge in [0.25, 0.3) is 5.91 Å². The lowest BCUT2D eigenvalue weighted by atomic mass is 9.79. The molecule has 142 valence electrons. The first-order chi connectivity index (χ1) is 13.7. The second kappa shape index (κ2) is 7.89. The summed E-state index contributed by atoms with van der Waals surface area (Å²) in [6.07, 6.45) is 3.05. The van der Waals surface area contributed by atoms with Gasteiger partial charge in [-0.25, -0.2) is 5.48 Å². The first-order valence-electron chi connectivity index (χ1n) is 9.48. The van der Waals surface area contributed by atoms with E-state index in [-0.39, 0.29) is 5.92 Å². The Morgan fingerprint density at radius 2 is 1.96 bits per heavy atom. The molecule has 0 radical (unpaired) electrons. The van der Waals surface area contributed by atoms with Gasteiger partial charge in [0.1, 0.15) is 5.92 Å². The summed E-state index contributed by atoms with van der Waals surface area (Å²) in [5, 5.41) is 13.6. The van der Waals surface area contributed by atoms with Crippen molar-refractivity contribution >= 4 is 16.8 Å². The first-order valence-corrected chi connectivity index (χ1v) is 9.48. The third kappa shape index (κ3) is 3.65. The van der Waals surface area contributed by atoms with E-state index in [0.717, 1.165) is 18.5 Å². The van der Waals surface area contributed by atoms with Gasteiger partial charge in [-0.3, -0.25) is 10.0 Å². The Morgan fingerprint density at radius 3 is 2.68 bits per heavy atom. The van der Waals surface area contributed by atoms with E-state index < -0.39 is 11.8 Å². The van der Waals surface area contributed by atoms with E-state index in [2.05, 4.69) is 65.6 Å². The van der Waals surface area contributed by atoms with E-state index in [9.17, 15) is 4.79 Å². The van der Waals surface area contributed by atoms with Crippen molar-refractivity contribution in [1.82, 2.24) is 15.8 Å². The van der Waals surface area contributed by atoms with Gasteiger partial charge in [0.2, 0.25) is 0 Å². The van der Waals surface area contributed by atoms with Crippen LogP contribution in [-0.4, -0.2) is 22.1 Å². The van der Waals surface area contributed by atoms with E-state index >= 15 is 0 Å². The highest BCUT2D eigenvalue weighted by Gasteiger charge is 2.31. The van der Waals surface area contributed by atoms with Gasteiger partial charge in [-0.05, 0) is 36.1 Å². The standard InChI is InChI=1S/C23H23N3O2/c1-15(12-18-14-25-22-5-3-2-4-20(18)22)24-13-16-6-8-17(9-7-16)19-10-11-21(19)23(27)26-28/h2-9,14-15,19,21,24-25,28H,12-13H2,1H3,(H,26,27). The van der Waals surface area contributed by atoms with Gasteiger partial charge in [0.15, 0.2) is 0 Å². The summed E-state index contributed by atoms with van der Waals surface area (Å²) >= 11 is 0. The molecule has 1 aromatic heterocycles. The van der Waals surface area contributed by atoms with Crippen LogP contribution in [0.1, 0.15) is 29.5 Å². The Kier molecular flexibility index (Phi) is 5.16. The number of H-pyrrole nitrogens is 1. The third-order valence-corrected chi connectivity index (χ3v) is 5.31. The number of hydroxylamine groups is 1. The van der Waals surface area contributed by atoms with Crippen LogP contribution in [0.2, 0.25) is 0 Å². The maximum absolute atomic E-state index is 11.6. The summed E-state index contributed by atoms with van der Waals surface area (Å²) in [5.74, 6) is 4.74. The van der Waals surface area contributed by atoms with Gasteiger partial charge in [0.05, 0.1) is 5.92 Å². The number of aromatic nitrogens is 1. The molecule has 0 aliphatic heterocycles. The highest BCUT2D eigenvalue weighted by atomic mass is 16.5. The summed E-state index contributed by atoms with van der Waals surface area (Å²) in [5.41, 5.74) is 6.37. The Bertz CT molecular complexity index is 1040. The molecule has 0 bridgehead atoms. The van der Waals surface area contributed by atoms with Gasteiger partial charge in [-0.15, -0.1) is 0 Å². The molecule has 4 N–H and O–H groups in total. The van der Waals surface area contributed by atoms with Crippen LogP contribution in [-0.2, 0) is 17.8 Å². The number of aromatic amines is 1. The number of amides is 1. The maximum atomic E-state index is 11.6. The number of fused-ring (bicyclic) bond motifs is 1. The number of hydrogen-bond donors (Lipinski definition) is 4. The minimum atomic E-state index is -0.467. The Balaban J connectivity index is 1.33. The second-order valence-corrected chi connectivity index (χ2v) is 7.31. The molecule has 0 fully saturated rings. The molecule has 1 heterocycles. The monoisotopic (exact) mass is 373 g/mol. The molecule has 28 heavy (non-hydrogen) atoms. The highest BCUT2D eigenvalue weighted by molar-refractivity contribution is 5.84. The summed E-state index contributed by atoms with van der Waals surface area (Å²) in [6.45, 7) is 2.97. The minimum absolute atomic E-state index is 0.144. The summed E-state index contributed by atoms with van der Waals surface area (Å²) in [4.78, 5) is 14.9. The number of nitrogens with one attached hydrogen (secondary N) is 3. The molecule has 3 aromatic rings. The molecular formula is C23H23N3O2. The van der Waals surface area contributed by atoms with Crippen molar-refractivity contribution in [2.45, 2.75) is 31.8 Å². The minimum Gasteiger partial charge on any atom is -0.361 e. The fraction of sp³-hybridized carbons (Fsp3) is 0.261. The number of carbonyl (C=O) groups excluding carboxylic acids is 1.